The summed E-state index contributed by atoms with van der Waals surface area (Å²) in [4.78, 5) is 12.4. The van der Waals surface area contributed by atoms with Gasteiger partial charge in [0.25, 0.3) is 5.91 Å². The van der Waals surface area contributed by atoms with Gasteiger partial charge in [-0.05, 0) is 49.6 Å². The van der Waals surface area contributed by atoms with Gasteiger partial charge in [0.15, 0.2) is 0 Å². The Hall–Kier alpha value is -2.20. The van der Waals surface area contributed by atoms with Crippen LogP contribution in [0, 0.1) is 6.92 Å². The van der Waals surface area contributed by atoms with Crippen LogP contribution in [-0.2, 0) is 0 Å². The summed E-state index contributed by atoms with van der Waals surface area (Å²) in [6.07, 6.45) is -0.797. The number of halogens is 3. The van der Waals surface area contributed by atoms with Gasteiger partial charge in [0, 0.05) is 0 Å². The molecule has 0 bridgehead atoms. The number of amides is 1. The molecule has 0 aliphatic carbocycles. The molecule has 2 rings (SSSR count). The fraction of sp³-hybridized carbons (Fsp3) is 0.412. The van der Waals surface area contributed by atoms with Gasteiger partial charge in [-0.3, -0.25) is 4.79 Å². The van der Waals surface area contributed by atoms with E-state index >= 15 is 0 Å². The number of benzene rings is 1. The van der Waals surface area contributed by atoms with Crippen molar-refractivity contribution in [2.45, 2.75) is 25.7 Å². The van der Waals surface area contributed by atoms with Crippen LogP contribution in [0.15, 0.2) is 30.5 Å². The van der Waals surface area contributed by atoms with Gasteiger partial charge in [0.1, 0.15) is 5.75 Å². The average molecular weight is 403 g/mol. The van der Waals surface area contributed by atoms with Crippen molar-refractivity contribution < 1.29 is 27.8 Å². The van der Waals surface area contributed by atoms with Crippen LogP contribution in [0.5, 0.6) is 5.75 Å². The maximum atomic E-state index is 12.4. The number of aliphatic hydroxyl groups excluding tert-OH is 1. The van der Waals surface area contributed by atoms with E-state index in [9.17, 15) is 23.1 Å². The first kappa shape index (κ1) is 21.1. The van der Waals surface area contributed by atoms with Crippen molar-refractivity contribution in [3.8, 4) is 11.4 Å². The predicted octanol–water partition coefficient (Wildman–Crippen LogP) is 2.92. The van der Waals surface area contributed by atoms with Gasteiger partial charge in [-0.15, -0.1) is 13.2 Å². The summed E-state index contributed by atoms with van der Waals surface area (Å²) < 4.78 is 42.0. The normalized spacial score (nSPS) is 12.7. The number of hydrogen-bond acceptors (Lipinski definition) is 5. The molecule has 148 valence electrons. The van der Waals surface area contributed by atoms with E-state index < -0.39 is 6.36 Å². The fourth-order valence-electron chi connectivity index (χ4n) is 2.41. The Morgan fingerprint density at radius 3 is 2.59 bits per heavy atom. The highest BCUT2D eigenvalue weighted by molar-refractivity contribution is 7.98. The second-order valence-electron chi connectivity index (χ2n) is 5.73. The van der Waals surface area contributed by atoms with Crippen LogP contribution in [0.4, 0.5) is 13.2 Å². The number of aliphatic hydroxyl groups is 1. The van der Waals surface area contributed by atoms with Crippen LogP contribution < -0.4 is 10.1 Å². The Balaban J connectivity index is 2.13. The average Bonchev–Trinajstić information content (AvgIpc) is 2.99. The number of nitrogens with one attached hydrogen (secondary N) is 1. The van der Waals surface area contributed by atoms with Crippen LogP contribution in [0.3, 0.4) is 0 Å². The summed E-state index contributed by atoms with van der Waals surface area (Å²) in [6, 6.07) is 4.82. The van der Waals surface area contributed by atoms with Crippen molar-refractivity contribution in [1.29, 1.82) is 0 Å². The minimum absolute atomic E-state index is 0.167. The van der Waals surface area contributed by atoms with E-state index in [-0.39, 0.29) is 24.3 Å². The Morgan fingerprint density at radius 1 is 1.37 bits per heavy atom. The molecule has 1 heterocycles. The third kappa shape index (κ3) is 5.90. The Labute approximate surface area is 158 Å². The van der Waals surface area contributed by atoms with Crippen LogP contribution in [-0.4, -0.2) is 51.8 Å². The maximum absolute atomic E-state index is 12.4. The number of alkyl halides is 3. The molecule has 0 radical (unpaired) electrons. The summed E-state index contributed by atoms with van der Waals surface area (Å²) in [5.74, 6) is 0.0975. The van der Waals surface area contributed by atoms with Crippen LogP contribution in [0.1, 0.15) is 22.5 Å². The maximum Gasteiger partial charge on any atom is 0.573 e. The highest BCUT2D eigenvalue weighted by Gasteiger charge is 2.31. The molecule has 27 heavy (non-hydrogen) atoms. The molecule has 2 aromatic rings. The summed E-state index contributed by atoms with van der Waals surface area (Å²) in [6.45, 7) is 1.51. The second kappa shape index (κ2) is 9.14. The number of ether oxygens (including phenoxy) is 1. The first-order valence-corrected chi connectivity index (χ1v) is 9.46. The smallest absolute Gasteiger partial charge is 0.406 e. The van der Waals surface area contributed by atoms with E-state index in [1.54, 1.807) is 18.7 Å². The topological polar surface area (TPSA) is 76.4 Å². The molecule has 1 amide bonds. The lowest BCUT2D eigenvalue weighted by atomic mass is 10.2. The lowest BCUT2D eigenvalue weighted by molar-refractivity contribution is -0.274. The highest BCUT2D eigenvalue weighted by Crippen LogP contribution is 2.24. The van der Waals surface area contributed by atoms with E-state index in [4.69, 9.17) is 0 Å². The molecule has 0 spiro atoms. The molecule has 1 aromatic carbocycles. The molecule has 1 aromatic heterocycles. The molecule has 10 heteroatoms. The minimum atomic E-state index is -4.76. The predicted molar refractivity (Wildman–Crippen MR) is 96.3 cm³/mol. The van der Waals surface area contributed by atoms with Gasteiger partial charge in [0.2, 0.25) is 0 Å². The van der Waals surface area contributed by atoms with Crippen LogP contribution in [0.2, 0.25) is 0 Å². The van der Waals surface area contributed by atoms with Crippen LogP contribution >= 0.6 is 11.8 Å². The zero-order valence-electron chi connectivity index (χ0n) is 14.8. The van der Waals surface area contributed by atoms with E-state index in [1.165, 1.54) is 35.1 Å². The minimum Gasteiger partial charge on any atom is -0.406 e. The van der Waals surface area contributed by atoms with E-state index in [0.717, 1.165) is 5.75 Å². The number of rotatable bonds is 8. The molecule has 2 N–H and O–H groups in total. The Kier molecular flexibility index (Phi) is 7.14. The first-order valence-electron chi connectivity index (χ1n) is 8.06. The number of aromatic nitrogens is 2. The summed E-state index contributed by atoms with van der Waals surface area (Å²) in [5, 5.41) is 16.3. The van der Waals surface area contributed by atoms with Gasteiger partial charge in [-0.25, -0.2) is 4.68 Å². The summed E-state index contributed by atoms with van der Waals surface area (Å²) in [5.41, 5.74) is 1.34. The third-order valence-electron chi connectivity index (χ3n) is 3.80. The zero-order chi connectivity index (χ0) is 20.0. The Bertz CT molecular complexity index is 763. The van der Waals surface area contributed by atoms with Crippen molar-refractivity contribution in [3.05, 3.63) is 41.7 Å². The van der Waals surface area contributed by atoms with E-state index in [0.29, 0.717) is 23.4 Å². The quantitative estimate of drug-likeness (QED) is 0.709. The van der Waals surface area contributed by atoms with Gasteiger partial charge < -0.3 is 15.2 Å². The summed E-state index contributed by atoms with van der Waals surface area (Å²) in [7, 11) is 0. The number of hydrogen-bond donors (Lipinski definition) is 2. The fourth-order valence-corrected chi connectivity index (χ4v) is 2.93. The zero-order valence-corrected chi connectivity index (χ0v) is 15.6. The monoisotopic (exact) mass is 403 g/mol. The SMILES string of the molecule is CSCC[C@@H](CO)NC(=O)c1cnn(-c2ccc(OC(F)(F)F)cc2)c1C. The molecular formula is C17H20F3N3O3S. The van der Waals surface area contributed by atoms with Crippen LogP contribution in [0.25, 0.3) is 5.69 Å². The number of carbonyl (C=O) groups is 1. The number of thioether (sulfide) groups is 1. The molecular weight excluding hydrogens is 383 g/mol. The van der Waals surface area contributed by atoms with Gasteiger partial charge in [-0.2, -0.15) is 16.9 Å². The van der Waals surface area contributed by atoms with E-state index in [1.807, 2.05) is 6.26 Å². The lowest BCUT2D eigenvalue weighted by Gasteiger charge is -2.15. The van der Waals surface area contributed by atoms with Crippen molar-refractivity contribution in [3.63, 3.8) is 0 Å². The van der Waals surface area contributed by atoms with Crippen molar-refractivity contribution in [2.75, 3.05) is 18.6 Å². The molecule has 0 aliphatic rings. The highest BCUT2D eigenvalue weighted by atomic mass is 32.2. The number of carbonyl (C=O) groups excluding carboxylic acids is 1. The lowest BCUT2D eigenvalue weighted by Crippen LogP contribution is -2.38. The molecule has 0 fully saturated rings. The Morgan fingerprint density at radius 2 is 2.04 bits per heavy atom. The standard InChI is InChI=1S/C17H20F3N3O3S/c1-11-15(16(25)22-12(10-24)7-8-27-2)9-21-23(11)13-3-5-14(6-4-13)26-17(18,19)20/h3-6,9,12,24H,7-8,10H2,1-2H3,(H,22,25)/t12-/m0/s1. The largest absolute Gasteiger partial charge is 0.573 e. The molecule has 0 saturated carbocycles. The van der Waals surface area contributed by atoms with Crippen molar-refractivity contribution in [1.82, 2.24) is 15.1 Å². The van der Waals surface area contributed by atoms with Crippen molar-refractivity contribution in [2.24, 2.45) is 0 Å². The van der Waals surface area contributed by atoms with Gasteiger partial charge >= 0.3 is 6.36 Å². The molecule has 1 atom stereocenters. The third-order valence-corrected chi connectivity index (χ3v) is 4.44. The van der Waals surface area contributed by atoms with Gasteiger partial charge in [-0.1, -0.05) is 0 Å². The first-order chi connectivity index (χ1) is 12.7. The van der Waals surface area contributed by atoms with Gasteiger partial charge in [0.05, 0.1) is 35.8 Å². The van der Waals surface area contributed by atoms with E-state index in [2.05, 4.69) is 15.2 Å². The summed E-state index contributed by atoms with van der Waals surface area (Å²) >= 11 is 1.62. The van der Waals surface area contributed by atoms with Crippen molar-refractivity contribution >= 4 is 17.7 Å². The molecule has 0 saturated heterocycles. The molecule has 0 aliphatic heterocycles. The molecule has 6 nitrogen and oxygen atoms in total. The molecule has 0 unspecified atom stereocenters. The number of nitrogens with zero attached hydrogens (tertiary/aromatic N) is 2. The second-order valence-corrected chi connectivity index (χ2v) is 6.72.